The Kier molecular flexibility index (Phi) is 5.96. The monoisotopic (exact) mass is 427 g/mol. The Morgan fingerprint density at radius 3 is 2.39 bits per heavy atom. The molecule has 146 valence electrons. The van der Waals surface area contributed by atoms with Crippen molar-refractivity contribution in [1.82, 2.24) is 15.1 Å². The number of carbonyl (C=O) groups excluding carboxylic acids is 1. The number of alkyl halides is 3. The highest BCUT2D eigenvalue weighted by molar-refractivity contribution is 6.31. The lowest BCUT2D eigenvalue weighted by atomic mass is 10.1. The standard InChI is InChI=1S/C19H14Cl2F3N3O/c20-13-5-7-14(8-6-13)27-17(19(22,23)24)15(11-26-27)18(28)25-10-9-12-3-1-2-4-16(12)21/h1-8,11H,9-10H2,(H,25,28). The fourth-order valence-electron chi connectivity index (χ4n) is 2.67. The van der Waals surface area contributed by atoms with E-state index in [1.54, 1.807) is 24.3 Å². The van der Waals surface area contributed by atoms with Gasteiger partial charge in [0.2, 0.25) is 0 Å². The van der Waals surface area contributed by atoms with Crippen LogP contribution >= 0.6 is 23.2 Å². The van der Waals surface area contributed by atoms with E-state index in [0.717, 1.165) is 11.8 Å². The third-order valence-corrected chi connectivity index (χ3v) is 4.61. The van der Waals surface area contributed by atoms with E-state index in [4.69, 9.17) is 23.2 Å². The number of rotatable bonds is 5. The summed E-state index contributed by atoms with van der Waals surface area (Å²) in [5.74, 6) is -0.861. The van der Waals surface area contributed by atoms with Crippen molar-refractivity contribution in [3.05, 3.63) is 81.6 Å². The van der Waals surface area contributed by atoms with Gasteiger partial charge in [0.25, 0.3) is 5.91 Å². The van der Waals surface area contributed by atoms with Gasteiger partial charge in [-0.25, -0.2) is 4.68 Å². The average Bonchev–Trinajstić information content (AvgIpc) is 3.09. The lowest BCUT2D eigenvalue weighted by Crippen LogP contribution is -2.28. The second-order valence-electron chi connectivity index (χ2n) is 5.89. The predicted molar refractivity (Wildman–Crippen MR) is 101 cm³/mol. The van der Waals surface area contributed by atoms with Crippen LogP contribution in [-0.4, -0.2) is 22.2 Å². The van der Waals surface area contributed by atoms with Crippen LogP contribution in [0.5, 0.6) is 0 Å². The van der Waals surface area contributed by atoms with Crippen LogP contribution in [0.3, 0.4) is 0 Å². The van der Waals surface area contributed by atoms with Crippen molar-refractivity contribution in [2.24, 2.45) is 0 Å². The van der Waals surface area contributed by atoms with Gasteiger partial charge in [-0.3, -0.25) is 4.79 Å². The minimum absolute atomic E-state index is 0.131. The Morgan fingerprint density at radius 2 is 1.75 bits per heavy atom. The van der Waals surface area contributed by atoms with E-state index in [1.165, 1.54) is 24.3 Å². The number of nitrogens with one attached hydrogen (secondary N) is 1. The van der Waals surface area contributed by atoms with Gasteiger partial charge in [-0.1, -0.05) is 41.4 Å². The topological polar surface area (TPSA) is 46.9 Å². The Labute approximate surface area is 168 Å². The van der Waals surface area contributed by atoms with Gasteiger partial charge in [-0.2, -0.15) is 18.3 Å². The normalized spacial score (nSPS) is 11.5. The first-order valence-electron chi connectivity index (χ1n) is 8.20. The molecule has 0 bridgehead atoms. The highest BCUT2D eigenvalue weighted by atomic mass is 35.5. The largest absolute Gasteiger partial charge is 0.434 e. The number of aromatic nitrogens is 2. The van der Waals surface area contributed by atoms with Gasteiger partial charge in [0.15, 0.2) is 5.69 Å². The van der Waals surface area contributed by atoms with Crippen molar-refractivity contribution >= 4 is 29.1 Å². The van der Waals surface area contributed by atoms with Gasteiger partial charge in [0, 0.05) is 16.6 Å². The first-order chi connectivity index (χ1) is 13.3. The molecule has 3 aromatic rings. The summed E-state index contributed by atoms with van der Waals surface area (Å²) in [6, 6.07) is 12.7. The van der Waals surface area contributed by atoms with Gasteiger partial charge in [0.1, 0.15) is 0 Å². The number of carbonyl (C=O) groups is 1. The molecule has 1 heterocycles. The quantitative estimate of drug-likeness (QED) is 0.610. The van der Waals surface area contributed by atoms with E-state index < -0.39 is 23.3 Å². The van der Waals surface area contributed by atoms with E-state index in [1.807, 2.05) is 0 Å². The second kappa shape index (κ2) is 8.24. The zero-order valence-corrected chi connectivity index (χ0v) is 15.8. The van der Waals surface area contributed by atoms with E-state index >= 15 is 0 Å². The molecular weight excluding hydrogens is 414 g/mol. The van der Waals surface area contributed by atoms with Crippen LogP contribution in [0, 0.1) is 0 Å². The average molecular weight is 428 g/mol. The smallest absolute Gasteiger partial charge is 0.352 e. The van der Waals surface area contributed by atoms with Crippen LogP contribution in [0.1, 0.15) is 21.6 Å². The molecule has 9 heteroatoms. The Balaban J connectivity index is 1.82. The number of halogens is 5. The van der Waals surface area contributed by atoms with Crippen molar-refractivity contribution in [2.45, 2.75) is 12.6 Å². The summed E-state index contributed by atoms with van der Waals surface area (Å²) in [5, 5.41) is 7.15. The Hall–Kier alpha value is -2.51. The molecule has 2 aromatic carbocycles. The maximum Gasteiger partial charge on any atom is 0.434 e. The molecule has 0 aliphatic carbocycles. The summed E-state index contributed by atoms with van der Waals surface area (Å²) in [4.78, 5) is 12.4. The lowest BCUT2D eigenvalue weighted by molar-refractivity contribution is -0.143. The summed E-state index contributed by atoms with van der Waals surface area (Å²) in [6.07, 6.45) is -3.48. The molecule has 0 saturated carbocycles. The fourth-order valence-corrected chi connectivity index (χ4v) is 3.03. The van der Waals surface area contributed by atoms with Crippen LogP contribution in [0.2, 0.25) is 10.0 Å². The molecule has 1 N–H and O–H groups in total. The molecule has 0 spiro atoms. The summed E-state index contributed by atoms with van der Waals surface area (Å²) in [7, 11) is 0. The minimum atomic E-state index is -4.77. The van der Waals surface area contributed by atoms with E-state index in [2.05, 4.69) is 10.4 Å². The second-order valence-corrected chi connectivity index (χ2v) is 6.73. The van der Waals surface area contributed by atoms with Crippen molar-refractivity contribution in [3.63, 3.8) is 0 Å². The molecule has 0 saturated heterocycles. The molecule has 28 heavy (non-hydrogen) atoms. The number of benzene rings is 2. The molecular formula is C19H14Cl2F3N3O. The maximum atomic E-state index is 13.6. The zero-order chi connectivity index (χ0) is 20.3. The SMILES string of the molecule is O=C(NCCc1ccccc1Cl)c1cnn(-c2ccc(Cl)cc2)c1C(F)(F)F. The molecule has 3 rings (SSSR count). The summed E-state index contributed by atoms with van der Waals surface area (Å²) < 4.78 is 41.5. The van der Waals surface area contributed by atoms with Crippen LogP contribution in [0.25, 0.3) is 5.69 Å². The first-order valence-corrected chi connectivity index (χ1v) is 8.95. The number of amides is 1. The Morgan fingerprint density at radius 1 is 1.07 bits per heavy atom. The van der Waals surface area contributed by atoms with Crippen molar-refractivity contribution in [3.8, 4) is 5.69 Å². The number of hydrogen-bond donors (Lipinski definition) is 1. The van der Waals surface area contributed by atoms with Crippen LogP contribution in [0.15, 0.2) is 54.7 Å². The summed E-state index contributed by atoms with van der Waals surface area (Å²) in [5.41, 5.74) is -0.768. The predicted octanol–water partition coefficient (Wildman–Crippen LogP) is 5.17. The fraction of sp³-hybridized carbons (Fsp3) is 0.158. The molecule has 0 radical (unpaired) electrons. The van der Waals surface area contributed by atoms with Gasteiger partial charge >= 0.3 is 6.18 Å². The number of nitrogens with zero attached hydrogens (tertiary/aromatic N) is 2. The summed E-state index contributed by atoms with van der Waals surface area (Å²) >= 11 is 11.8. The third-order valence-electron chi connectivity index (χ3n) is 3.99. The molecule has 1 aromatic heterocycles. The minimum Gasteiger partial charge on any atom is -0.352 e. The molecule has 0 atom stereocenters. The maximum absolute atomic E-state index is 13.6. The molecule has 4 nitrogen and oxygen atoms in total. The van der Waals surface area contributed by atoms with Gasteiger partial charge < -0.3 is 5.32 Å². The molecule has 1 amide bonds. The van der Waals surface area contributed by atoms with Crippen LogP contribution in [0.4, 0.5) is 13.2 Å². The Bertz CT molecular complexity index is 985. The van der Waals surface area contributed by atoms with Crippen molar-refractivity contribution in [2.75, 3.05) is 6.54 Å². The molecule has 0 aliphatic heterocycles. The lowest BCUT2D eigenvalue weighted by Gasteiger charge is -2.13. The van der Waals surface area contributed by atoms with Gasteiger partial charge in [0.05, 0.1) is 17.4 Å². The zero-order valence-electron chi connectivity index (χ0n) is 14.3. The van der Waals surface area contributed by atoms with E-state index in [9.17, 15) is 18.0 Å². The third kappa shape index (κ3) is 4.48. The van der Waals surface area contributed by atoms with Crippen molar-refractivity contribution in [1.29, 1.82) is 0 Å². The van der Waals surface area contributed by atoms with Crippen molar-refractivity contribution < 1.29 is 18.0 Å². The number of hydrogen-bond acceptors (Lipinski definition) is 2. The summed E-state index contributed by atoms with van der Waals surface area (Å²) in [6.45, 7) is 0.131. The van der Waals surface area contributed by atoms with Gasteiger partial charge in [-0.05, 0) is 42.3 Å². The highest BCUT2D eigenvalue weighted by Crippen LogP contribution is 2.33. The van der Waals surface area contributed by atoms with E-state index in [0.29, 0.717) is 21.1 Å². The first kappa shape index (κ1) is 20.2. The van der Waals surface area contributed by atoms with Crippen LogP contribution < -0.4 is 5.32 Å². The highest BCUT2D eigenvalue weighted by Gasteiger charge is 2.40. The molecule has 0 unspecified atom stereocenters. The van der Waals surface area contributed by atoms with Crippen LogP contribution in [-0.2, 0) is 12.6 Å². The molecule has 0 aliphatic rings. The van der Waals surface area contributed by atoms with E-state index in [-0.39, 0.29) is 12.2 Å². The van der Waals surface area contributed by atoms with Gasteiger partial charge in [-0.15, -0.1) is 0 Å². The molecule has 0 fully saturated rings.